The van der Waals surface area contributed by atoms with Gasteiger partial charge >= 0.3 is 0 Å². The van der Waals surface area contributed by atoms with Crippen LogP contribution in [-0.2, 0) is 0 Å². The fourth-order valence-electron chi connectivity index (χ4n) is 6.67. The Balaban J connectivity index is 1.68. The van der Waals surface area contributed by atoms with Gasteiger partial charge in [0.15, 0.2) is 0 Å². The number of aliphatic hydroxyl groups is 2. The topological polar surface area (TPSA) is 40.5 Å². The SMILES string of the molecule is C=C1CC[C@@H](O)C/C1=C\C=C1/CCC[C@]2(C)[C@@H]([C@H](C)CCCC(C)(C)O)CC[C@@H]12. The molecular formula is C27H44O2. The van der Waals surface area contributed by atoms with E-state index in [0.29, 0.717) is 5.41 Å². The van der Waals surface area contributed by atoms with Gasteiger partial charge in [-0.05, 0) is 100 Å². The third-order valence-electron chi connectivity index (χ3n) is 8.36. The average Bonchev–Trinajstić information content (AvgIpc) is 2.99. The molecule has 2 nitrogen and oxygen atoms in total. The molecule has 0 spiro atoms. The van der Waals surface area contributed by atoms with Crippen molar-refractivity contribution in [3.8, 4) is 0 Å². The van der Waals surface area contributed by atoms with Crippen molar-refractivity contribution in [2.75, 3.05) is 0 Å². The Morgan fingerprint density at radius 2 is 1.97 bits per heavy atom. The van der Waals surface area contributed by atoms with Gasteiger partial charge in [-0.25, -0.2) is 0 Å². The Kier molecular flexibility index (Phi) is 7.16. The van der Waals surface area contributed by atoms with E-state index < -0.39 is 5.60 Å². The Labute approximate surface area is 179 Å². The van der Waals surface area contributed by atoms with Crippen LogP contribution in [0.15, 0.2) is 35.5 Å². The van der Waals surface area contributed by atoms with Crippen molar-refractivity contribution in [3.63, 3.8) is 0 Å². The number of aliphatic hydroxyl groups excluding tert-OH is 1. The molecule has 0 aromatic carbocycles. The maximum absolute atomic E-state index is 10.0. The highest BCUT2D eigenvalue weighted by Gasteiger charge is 2.50. The largest absolute Gasteiger partial charge is 0.393 e. The van der Waals surface area contributed by atoms with E-state index >= 15 is 0 Å². The van der Waals surface area contributed by atoms with E-state index in [0.717, 1.165) is 49.9 Å². The number of allylic oxidation sites excluding steroid dienone is 4. The molecule has 2 N–H and O–H groups in total. The van der Waals surface area contributed by atoms with E-state index in [2.05, 4.69) is 32.6 Å². The van der Waals surface area contributed by atoms with Gasteiger partial charge in [0.1, 0.15) is 0 Å². The molecule has 3 rings (SSSR count). The molecule has 3 aliphatic carbocycles. The average molecular weight is 401 g/mol. The molecule has 2 heteroatoms. The highest BCUT2D eigenvalue weighted by Crippen LogP contribution is 2.60. The lowest BCUT2D eigenvalue weighted by Gasteiger charge is -2.44. The van der Waals surface area contributed by atoms with Gasteiger partial charge in [-0.3, -0.25) is 0 Å². The van der Waals surface area contributed by atoms with Crippen LogP contribution in [0.2, 0.25) is 0 Å². The zero-order chi connectivity index (χ0) is 21.2. The molecular weight excluding hydrogens is 356 g/mol. The molecule has 0 aliphatic heterocycles. The van der Waals surface area contributed by atoms with Gasteiger partial charge in [0.05, 0.1) is 11.7 Å². The summed E-state index contributed by atoms with van der Waals surface area (Å²) in [4.78, 5) is 0. The van der Waals surface area contributed by atoms with E-state index in [1.807, 2.05) is 13.8 Å². The van der Waals surface area contributed by atoms with Crippen molar-refractivity contribution in [2.45, 2.75) is 110 Å². The van der Waals surface area contributed by atoms with Crippen LogP contribution in [-0.4, -0.2) is 21.9 Å². The zero-order valence-corrected chi connectivity index (χ0v) is 19.3. The summed E-state index contributed by atoms with van der Waals surface area (Å²) in [6.07, 6.45) is 16.9. The minimum atomic E-state index is -0.535. The Hall–Kier alpha value is -0.860. The molecule has 3 saturated carbocycles. The predicted molar refractivity (Wildman–Crippen MR) is 123 cm³/mol. The van der Waals surface area contributed by atoms with Crippen LogP contribution in [0.5, 0.6) is 0 Å². The number of hydrogen-bond acceptors (Lipinski definition) is 2. The van der Waals surface area contributed by atoms with Crippen molar-refractivity contribution < 1.29 is 10.2 Å². The monoisotopic (exact) mass is 400 g/mol. The maximum atomic E-state index is 10.0. The van der Waals surface area contributed by atoms with E-state index in [9.17, 15) is 10.2 Å². The summed E-state index contributed by atoms with van der Waals surface area (Å²) in [5.41, 5.74) is 4.02. The first-order valence-corrected chi connectivity index (χ1v) is 12.1. The van der Waals surface area contributed by atoms with Crippen molar-refractivity contribution in [3.05, 3.63) is 35.5 Å². The number of fused-ring (bicyclic) bond motifs is 1. The van der Waals surface area contributed by atoms with Crippen molar-refractivity contribution in [2.24, 2.45) is 23.2 Å². The van der Waals surface area contributed by atoms with Crippen molar-refractivity contribution >= 4 is 0 Å². The van der Waals surface area contributed by atoms with Gasteiger partial charge in [0.2, 0.25) is 0 Å². The quantitative estimate of drug-likeness (QED) is 0.518. The van der Waals surface area contributed by atoms with Crippen LogP contribution in [0, 0.1) is 23.2 Å². The lowest BCUT2D eigenvalue weighted by atomic mass is 9.60. The third-order valence-corrected chi connectivity index (χ3v) is 8.36. The summed E-state index contributed by atoms with van der Waals surface area (Å²) >= 11 is 0. The molecule has 3 aliphatic rings. The minimum Gasteiger partial charge on any atom is -0.393 e. The highest BCUT2D eigenvalue weighted by atomic mass is 16.3. The second-order valence-electron chi connectivity index (χ2n) is 11.2. The lowest BCUT2D eigenvalue weighted by Crippen LogP contribution is -2.36. The fourth-order valence-corrected chi connectivity index (χ4v) is 6.67. The Bertz CT molecular complexity index is 650. The van der Waals surface area contributed by atoms with E-state index in [1.54, 1.807) is 5.57 Å². The van der Waals surface area contributed by atoms with Gasteiger partial charge in [-0.15, -0.1) is 0 Å². The minimum absolute atomic E-state index is 0.192. The van der Waals surface area contributed by atoms with E-state index in [4.69, 9.17) is 0 Å². The molecule has 0 radical (unpaired) electrons. The standard InChI is InChI=1S/C27H44O2/c1-19-10-13-23(28)18-22(19)12-11-21-9-7-17-27(5)24(14-15-25(21)27)20(2)8-6-16-26(3,4)29/h11-12,20,23-25,28-29H,1,6-10,13-18H2,2-5H3/b21-11+,22-12+/t20-,23-,24-,25+,27-/m1/s1. The van der Waals surface area contributed by atoms with Crippen molar-refractivity contribution in [1.82, 2.24) is 0 Å². The van der Waals surface area contributed by atoms with Crippen LogP contribution < -0.4 is 0 Å². The first-order valence-electron chi connectivity index (χ1n) is 12.1. The molecule has 0 saturated heterocycles. The molecule has 0 aromatic heterocycles. The molecule has 0 heterocycles. The fraction of sp³-hybridized carbons (Fsp3) is 0.778. The zero-order valence-electron chi connectivity index (χ0n) is 19.3. The lowest BCUT2D eigenvalue weighted by molar-refractivity contribution is 0.0596. The van der Waals surface area contributed by atoms with Crippen LogP contribution in [0.25, 0.3) is 0 Å². The summed E-state index contributed by atoms with van der Waals surface area (Å²) in [5.74, 6) is 2.26. The van der Waals surface area contributed by atoms with Gasteiger partial charge < -0.3 is 10.2 Å². The van der Waals surface area contributed by atoms with Gasteiger partial charge in [0, 0.05) is 0 Å². The third kappa shape index (κ3) is 5.44. The summed E-state index contributed by atoms with van der Waals surface area (Å²) in [6, 6.07) is 0. The second kappa shape index (κ2) is 9.10. The van der Waals surface area contributed by atoms with Crippen molar-refractivity contribution in [1.29, 1.82) is 0 Å². The normalized spacial score (nSPS) is 37.2. The van der Waals surface area contributed by atoms with Crippen LogP contribution in [0.1, 0.15) is 98.3 Å². The number of rotatable bonds is 6. The predicted octanol–water partition coefficient (Wildman–Crippen LogP) is 6.73. The summed E-state index contributed by atoms with van der Waals surface area (Å²) in [7, 11) is 0. The first-order chi connectivity index (χ1) is 13.6. The van der Waals surface area contributed by atoms with Gasteiger partial charge in [0.25, 0.3) is 0 Å². The first kappa shape index (κ1) is 22.8. The smallest absolute Gasteiger partial charge is 0.0591 e. The molecule has 0 aromatic rings. The number of hydrogen-bond donors (Lipinski definition) is 2. The Morgan fingerprint density at radius 1 is 1.21 bits per heavy atom. The molecule has 0 amide bonds. The summed E-state index contributed by atoms with van der Waals surface area (Å²) in [5, 5.41) is 20.1. The highest BCUT2D eigenvalue weighted by molar-refractivity contribution is 5.36. The second-order valence-corrected chi connectivity index (χ2v) is 11.2. The van der Waals surface area contributed by atoms with Gasteiger partial charge in [-0.2, -0.15) is 0 Å². The summed E-state index contributed by atoms with van der Waals surface area (Å²) in [6.45, 7) is 13.1. The van der Waals surface area contributed by atoms with Gasteiger partial charge in [-0.1, -0.05) is 56.6 Å². The molecule has 3 fully saturated rings. The summed E-state index contributed by atoms with van der Waals surface area (Å²) < 4.78 is 0. The molecule has 0 unspecified atom stereocenters. The molecule has 5 atom stereocenters. The van der Waals surface area contributed by atoms with Crippen LogP contribution >= 0.6 is 0 Å². The van der Waals surface area contributed by atoms with Crippen LogP contribution in [0.4, 0.5) is 0 Å². The molecule has 164 valence electrons. The Morgan fingerprint density at radius 3 is 2.69 bits per heavy atom. The van der Waals surface area contributed by atoms with E-state index in [1.165, 1.54) is 49.7 Å². The van der Waals surface area contributed by atoms with Crippen LogP contribution in [0.3, 0.4) is 0 Å². The maximum Gasteiger partial charge on any atom is 0.0591 e. The molecule has 0 bridgehead atoms. The molecule has 29 heavy (non-hydrogen) atoms. The van der Waals surface area contributed by atoms with E-state index in [-0.39, 0.29) is 6.10 Å².